The molecule has 0 heterocycles. The Bertz CT molecular complexity index is 599. The molecule has 0 bridgehead atoms. The number of nitro groups is 1. The van der Waals surface area contributed by atoms with Gasteiger partial charge in [0.25, 0.3) is 5.69 Å². The number of non-ortho nitro benzene ring substituents is 1. The fourth-order valence-corrected chi connectivity index (χ4v) is 2.27. The van der Waals surface area contributed by atoms with Crippen molar-refractivity contribution in [2.45, 2.75) is 0 Å². The molecule has 188 valence electrons. The third-order valence-electron chi connectivity index (χ3n) is 3.87. The minimum atomic E-state index is -0.452. The highest BCUT2D eigenvalue weighted by molar-refractivity contribution is 5.35. The first kappa shape index (κ1) is 28.8. The molecular formula is C22H35NO10. The zero-order valence-electron chi connectivity index (χ0n) is 19.0. The summed E-state index contributed by atoms with van der Waals surface area (Å²) >= 11 is 0. The van der Waals surface area contributed by atoms with Gasteiger partial charge < -0.3 is 37.9 Å². The van der Waals surface area contributed by atoms with E-state index in [1.165, 1.54) is 18.4 Å². The summed E-state index contributed by atoms with van der Waals surface area (Å²) < 4.78 is 42.6. The molecule has 0 aliphatic heterocycles. The molecular weight excluding hydrogens is 438 g/mol. The van der Waals surface area contributed by atoms with Gasteiger partial charge in [0.05, 0.1) is 90.5 Å². The van der Waals surface area contributed by atoms with Gasteiger partial charge in [-0.1, -0.05) is 6.58 Å². The fraction of sp³-hybridized carbons (Fsp3) is 0.636. The lowest BCUT2D eigenvalue weighted by atomic mass is 10.3. The Kier molecular flexibility index (Phi) is 18.8. The van der Waals surface area contributed by atoms with Crippen LogP contribution in [0.3, 0.4) is 0 Å². The van der Waals surface area contributed by atoms with E-state index in [-0.39, 0.29) is 5.69 Å². The summed E-state index contributed by atoms with van der Waals surface area (Å²) in [7, 11) is 0. The summed E-state index contributed by atoms with van der Waals surface area (Å²) in [5.41, 5.74) is 0.0292. The van der Waals surface area contributed by atoms with Crippen LogP contribution < -0.4 is 4.74 Å². The normalized spacial score (nSPS) is 10.8. The van der Waals surface area contributed by atoms with E-state index in [1.54, 1.807) is 12.1 Å². The highest BCUT2D eigenvalue weighted by Gasteiger charge is 2.04. The van der Waals surface area contributed by atoms with E-state index >= 15 is 0 Å². The molecule has 0 aromatic heterocycles. The zero-order chi connectivity index (χ0) is 23.8. The average Bonchev–Trinajstić information content (AvgIpc) is 2.82. The van der Waals surface area contributed by atoms with Crippen LogP contribution in [0.4, 0.5) is 5.69 Å². The molecule has 0 N–H and O–H groups in total. The number of nitro benzene ring substituents is 1. The van der Waals surface area contributed by atoms with Crippen LogP contribution >= 0.6 is 0 Å². The molecule has 0 aliphatic rings. The van der Waals surface area contributed by atoms with Crippen LogP contribution in [-0.4, -0.2) is 97.4 Å². The lowest BCUT2D eigenvalue weighted by Crippen LogP contribution is -2.15. The van der Waals surface area contributed by atoms with Crippen LogP contribution in [0.1, 0.15) is 0 Å². The predicted molar refractivity (Wildman–Crippen MR) is 120 cm³/mol. The van der Waals surface area contributed by atoms with Crippen molar-refractivity contribution in [1.82, 2.24) is 0 Å². The molecule has 1 aromatic carbocycles. The molecule has 1 rings (SSSR count). The molecule has 33 heavy (non-hydrogen) atoms. The van der Waals surface area contributed by atoms with Crippen LogP contribution in [0.5, 0.6) is 5.75 Å². The SMILES string of the molecule is C=COCCOCCOCCOCCOCCOCCOCCOc1ccc([N+](=O)[O-])cc1. The molecule has 0 saturated heterocycles. The number of benzene rings is 1. The van der Waals surface area contributed by atoms with E-state index in [0.29, 0.717) is 98.2 Å². The smallest absolute Gasteiger partial charge is 0.269 e. The second-order valence-corrected chi connectivity index (χ2v) is 6.31. The third kappa shape index (κ3) is 17.9. The van der Waals surface area contributed by atoms with Crippen LogP contribution in [-0.2, 0) is 33.2 Å². The third-order valence-corrected chi connectivity index (χ3v) is 3.87. The summed E-state index contributed by atoms with van der Waals surface area (Å²) in [4.78, 5) is 10.1. The first-order valence-electron chi connectivity index (χ1n) is 10.8. The van der Waals surface area contributed by atoms with Gasteiger partial charge in [-0.25, -0.2) is 0 Å². The van der Waals surface area contributed by atoms with Gasteiger partial charge >= 0.3 is 0 Å². The minimum Gasteiger partial charge on any atom is -0.499 e. The topological polar surface area (TPSA) is 117 Å². The van der Waals surface area contributed by atoms with Crippen molar-refractivity contribution >= 4 is 5.69 Å². The number of hydrogen-bond donors (Lipinski definition) is 0. The summed E-state index contributed by atoms with van der Waals surface area (Å²) in [6.07, 6.45) is 1.39. The van der Waals surface area contributed by atoms with Crippen LogP contribution in [0, 0.1) is 10.1 Å². The zero-order valence-corrected chi connectivity index (χ0v) is 19.0. The molecule has 11 nitrogen and oxygen atoms in total. The maximum atomic E-state index is 10.6. The molecule has 0 saturated carbocycles. The van der Waals surface area contributed by atoms with Crippen LogP contribution in [0.2, 0.25) is 0 Å². The Balaban J connectivity index is 1.73. The summed E-state index contributed by atoms with van der Waals surface area (Å²) in [6, 6.07) is 5.91. The summed E-state index contributed by atoms with van der Waals surface area (Å²) in [5.74, 6) is 0.560. The van der Waals surface area contributed by atoms with Gasteiger partial charge in [0.15, 0.2) is 0 Å². The van der Waals surface area contributed by atoms with Gasteiger partial charge in [-0.15, -0.1) is 0 Å². The molecule has 0 fully saturated rings. The van der Waals surface area contributed by atoms with Crippen molar-refractivity contribution < 1.29 is 42.8 Å². The quantitative estimate of drug-likeness (QED) is 0.0957. The Morgan fingerprint density at radius 3 is 1.36 bits per heavy atom. The van der Waals surface area contributed by atoms with Crippen molar-refractivity contribution in [3.05, 3.63) is 47.2 Å². The van der Waals surface area contributed by atoms with Gasteiger partial charge in [-0.05, 0) is 12.1 Å². The van der Waals surface area contributed by atoms with Gasteiger partial charge in [0.1, 0.15) is 19.0 Å². The highest BCUT2D eigenvalue weighted by atomic mass is 16.6. The minimum absolute atomic E-state index is 0.0292. The maximum absolute atomic E-state index is 10.6. The first-order valence-corrected chi connectivity index (χ1v) is 10.8. The van der Waals surface area contributed by atoms with Crippen molar-refractivity contribution in [2.24, 2.45) is 0 Å². The van der Waals surface area contributed by atoms with Gasteiger partial charge in [0, 0.05) is 12.1 Å². The number of hydrogen-bond acceptors (Lipinski definition) is 10. The standard InChI is InChI=1S/C22H35NO10/c1-2-26-7-8-27-9-10-28-11-12-29-13-14-30-15-16-31-17-18-32-19-20-33-22-5-3-21(4-6-22)23(24)25/h2-6H,1,7-20H2. The monoisotopic (exact) mass is 473 g/mol. The van der Waals surface area contributed by atoms with Crippen molar-refractivity contribution in [1.29, 1.82) is 0 Å². The Morgan fingerprint density at radius 1 is 0.636 bits per heavy atom. The van der Waals surface area contributed by atoms with E-state index < -0.39 is 4.92 Å². The second kappa shape index (κ2) is 21.6. The van der Waals surface area contributed by atoms with Crippen molar-refractivity contribution in [3.8, 4) is 5.75 Å². The Labute approximate surface area is 194 Å². The molecule has 0 radical (unpaired) electrons. The van der Waals surface area contributed by atoms with E-state index in [9.17, 15) is 10.1 Å². The molecule has 1 aromatic rings. The van der Waals surface area contributed by atoms with E-state index in [4.69, 9.17) is 37.9 Å². The number of rotatable bonds is 24. The molecule has 11 heteroatoms. The lowest BCUT2D eigenvalue weighted by Gasteiger charge is -2.09. The van der Waals surface area contributed by atoms with Crippen molar-refractivity contribution in [2.75, 3.05) is 92.5 Å². The predicted octanol–water partition coefficient (Wildman–Crippen LogP) is 2.23. The molecule has 0 aliphatic carbocycles. The average molecular weight is 474 g/mol. The number of nitrogens with zero attached hydrogens (tertiary/aromatic N) is 1. The molecule has 0 spiro atoms. The van der Waals surface area contributed by atoms with Crippen molar-refractivity contribution in [3.63, 3.8) is 0 Å². The van der Waals surface area contributed by atoms with E-state index in [1.807, 2.05) is 0 Å². The van der Waals surface area contributed by atoms with Crippen LogP contribution in [0.25, 0.3) is 0 Å². The summed E-state index contributed by atoms with van der Waals surface area (Å²) in [6.45, 7) is 10.1. The van der Waals surface area contributed by atoms with Gasteiger partial charge in [-0.2, -0.15) is 0 Å². The summed E-state index contributed by atoms with van der Waals surface area (Å²) in [5, 5.41) is 10.6. The van der Waals surface area contributed by atoms with Gasteiger partial charge in [0.2, 0.25) is 0 Å². The van der Waals surface area contributed by atoms with E-state index in [0.717, 1.165) is 0 Å². The maximum Gasteiger partial charge on any atom is 0.269 e. The fourth-order valence-electron chi connectivity index (χ4n) is 2.27. The second-order valence-electron chi connectivity index (χ2n) is 6.31. The van der Waals surface area contributed by atoms with Gasteiger partial charge in [-0.3, -0.25) is 10.1 Å². The Morgan fingerprint density at radius 2 is 1.00 bits per heavy atom. The van der Waals surface area contributed by atoms with Crippen LogP contribution in [0.15, 0.2) is 37.1 Å². The molecule has 0 atom stereocenters. The number of ether oxygens (including phenoxy) is 8. The molecule has 0 amide bonds. The molecule has 0 unspecified atom stereocenters. The largest absolute Gasteiger partial charge is 0.499 e. The van der Waals surface area contributed by atoms with E-state index in [2.05, 4.69) is 6.58 Å². The Hall–Kier alpha value is -2.28. The lowest BCUT2D eigenvalue weighted by molar-refractivity contribution is -0.384. The highest BCUT2D eigenvalue weighted by Crippen LogP contribution is 2.16. The first-order chi connectivity index (χ1) is 16.2.